The van der Waals surface area contributed by atoms with Gasteiger partial charge in [0.1, 0.15) is 5.52 Å². The van der Waals surface area contributed by atoms with E-state index in [9.17, 15) is 0 Å². The van der Waals surface area contributed by atoms with E-state index < -0.39 is 0 Å². The number of hydrogen-bond donors (Lipinski definition) is 2. The maximum atomic E-state index is 6.14. The number of aromatic nitrogens is 1. The lowest BCUT2D eigenvalue weighted by atomic mass is 10.0. The van der Waals surface area contributed by atoms with Crippen LogP contribution in [-0.4, -0.2) is 36.1 Å². The molecule has 0 saturated carbocycles. The van der Waals surface area contributed by atoms with Crippen LogP contribution in [0.2, 0.25) is 0 Å². The van der Waals surface area contributed by atoms with Crippen LogP contribution in [0.15, 0.2) is 17.6 Å². The Morgan fingerprint density at radius 1 is 1.39 bits per heavy atom. The molecular formula is C13H20N4S. The van der Waals surface area contributed by atoms with Crippen molar-refractivity contribution in [2.24, 2.45) is 0 Å². The number of thiazole rings is 1. The van der Waals surface area contributed by atoms with Crippen molar-refractivity contribution >= 4 is 32.9 Å². The van der Waals surface area contributed by atoms with Crippen LogP contribution >= 0.6 is 11.3 Å². The lowest BCUT2D eigenvalue weighted by Gasteiger charge is -2.33. The zero-order chi connectivity index (χ0) is 13.3. The Morgan fingerprint density at radius 3 is 2.78 bits per heavy atom. The molecule has 3 N–H and O–H groups in total. The minimum atomic E-state index is 0.0729. The number of hydrogen-bond acceptors (Lipinski definition) is 5. The van der Waals surface area contributed by atoms with Crippen molar-refractivity contribution in [1.29, 1.82) is 0 Å². The Hall–Kier alpha value is -1.33. The van der Waals surface area contributed by atoms with Gasteiger partial charge in [-0.15, -0.1) is 11.3 Å². The quantitative estimate of drug-likeness (QED) is 0.834. The maximum absolute atomic E-state index is 6.14. The summed E-state index contributed by atoms with van der Waals surface area (Å²) in [6.45, 7) is 5.22. The van der Waals surface area contributed by atoms with Crippen LogP contribution in [0.4, 0.5) is 11.4 Å². The Labute approximate surface area is 112 Å². The van der Waals surface area contributed by atoms with Crippen LogP contribution in [-0.2, 0) is 0 Å². The first-order valence-corrected chi connectivity index (χ1v) is 6.83. The van der Waals surface area contributed by atoms with Gasteiger partial charge in [-0.05, 0) is 40.1 Å². The van der Waals surface area contributed by atoms with Crippen LogP contribution in [0.1, 0.15) is 13.8 Å². The van der Waals surface area contributed by atoms with Crippen molar-refractivity contribution in [3.8, 4) is 0 Å². The average Bonchev–Trinajstić information content (AvgIpc) is 2.77. The van der Waals surface area contributed by atoms with E-state index in [0.717, 1.165) is 28.1 Å². The fraction of sp³-hybridized carbons (Fsp3) is 0.462. The normalized spacial score (nSPS) is 12.3. The molecule has 0 saturated heterocycles. The van der Waals surface area contributed by atoms with Crippen molar-refractivity contribution in [2.75, 3.05) is 31.7 Å². The molecule has 0 atom stereocenters. The monoisotopic (exact) mass is 264 g/mol. The average molecular weight is 264 g/mol. The topological polar surface area (TPSA) is 54.2 Å². The first-order chi connectivity index (χ1) is 8.42. The van der Waals surface area contributed by atoms with Gasteiger partial charge >= 0.3 is 0 Å². The van der Waals surface area contributed by atoms with Crippen LogP contribution in [0.3, 0.4) is 0 Å². The summed E-state index contributed by atoms with van der Waals surface area (Å²) in [6.07, 6.45) is 0. The lowest BCUT2D eigenvalue weighted by molar-refractivity contribution is 0.210. The van der Waals surface area contributed by atoms with E-state index in [1.54, 1.807) is 11.3 Å². The zero-order valence-electron chi connectivity index (χ0n) is 11.3. The first-order valence-electron chi connectivity index (χ1n) is 5.95. The second kappa shape index (κ2) is 4.74. The molecule has 2 rings (SSSR count). The molecule has 0 spiro atoms. The maximum Gasteiger partial charge on any atom is 0.106 e. The summed E-state index contributed by atoms with van der Waals surface area (Å²) in [4.78, 5) is 6.49. The van der Waals surface area contributed by atoms with Crippen molar-refractivity contribution in [1.82, 2.24) is 9.88 Å². The van der Waals surface area contributed by atoms with Crippen LogP contribution in [0.25, 0.3) is 10.2 Å². The van der Waals surface area contributed by atoms with E-state index in [4.69, 9.17) is 5.73 Å². The smallest absolute Gasteiger partial charge is 0.106 e. The molecule has 0 aliphatic rings. The summed E-state index contributed by atoms with van der Waals surface area (Å²) in [5.41, 5.74) is 10.6. The van der Waals surface area contributed by atoms with Crippen LogP contribution in [0.5, 0.6) is 0 Å². The third kappa shape index (κ3) is 2.42. The van der Waals surface area contributed by atoms with Crippen molar-refractivity contribution < 1.29 is 0 Å². The number of nitrogens with two attached hydrogens (primary N) is 1. The Balaban J connectivity index is 2.20. The van der Waals surface area contributed by atoms with E-state index in [-0.39, 0.29) is 5.54 Å². The molecule has 0 radical (unpaired) electrons. The molecule has 5 heteroatoms. The minimum absolute atomic E-state index is 0.0729. The van der Waals surface area contributed by atoms with Gasteiger partial charge in [0, 0.05) is 12.1 Å². The van der Waals surface area contributed by atoms with Crippen LogP contribution < -0.4 is 11.1 Å². The number of rotatable bonds is 4. The number of fused-ring (bicyclic) bond motifs is 1. The summed E-state index contributed by atoms with van der Waals surface area (Å²) in [5, 5.41) is 3.41. The van der Waals surface area contributed by atoms with Crippen LogP contribution in [0, 0.1) is 0 Å². The number of nitrogens with zero attached hydrogens (tertiary/aromatic N) is 2. The Morgan fingerprint density at radius 2 is 2.11 bits per heavy atom. The highest BCUT2D eigenvalue weighted by Crippen LogP contribution is 2.30. The second-order valence-corrected chi connectivity index (χ2v) is 6.17. The number of nitrogen functional groups attached to an aromatic ring is 1. The van der Waals surface area contributed by atoms with Crippen molar-refractivity contribution in [3.63, 3.8) is 0 Å². The van der Waals surface area contributed by atoms with Crippen molar-refractivity contribution in [3.05, 3.63) is 17.6 Å². The number of anilines is 2. The molecule has 2 aromatic rings. The molecular weight excluding hydrogens is 244 g/mol. The molecule has 1 heterocycles. The molecule has 0 aliphatic heterocycles. The highest BCUT2D eigenvalue weighted by molar-refractivity contribution is 7.16. The number of nitrogens with one attached hydrogen (secondary N) is 1. The highest BCUT2D eigenvalue weighted by atomic mass is 32.1. The first kappa shape index (κ1) is 13.1. The molecule has 1 aromatic heterocycles. The van der Waals surface area contributed by atoms with Gasteiger partial charge in [0.25, 0.3) is 0 Å². The summed E-state index contributed by atoms with van der Waals surface area (Å²) < 4.78 is 1.13. The predicted octanol–water partition coefficient (Wildman–Crippen LogP) is 2.63. The Kier molecular flexibility index (Phi) is 3.45. The standard InChI is InChI=1S/C13H20N4S/c1-13(2,17(3)4)7-15-9-5-6-10-12(11(9)14)16-8-18-10/h5-6,8,15H,7,14H2,1-4H3. The fourth-order valence-corrected chi connectivity index (χ4v) is 2.27. The third-order valence-electron chi connectivity index (χ3n) is 3.46. The molecule has 0 fully saturated rings. The molecule has 0 amide bonds. The summed E-state index contributed by atoms with van der Waals surface area (Å²) in [7, 11) is 4.16. The fourth-order valence-electron chi connectivity index (χ4n) is 1.58. The van der Waals surface area contributed by atoms with Gasteiger partial charge in [0.05, 0.1) is 21.6 Å². The predicted molar refractivity (Wildman–Crippen MR) is 80.3 cm³/mol. The summed E-state index contributed by atoms with van der Waals surface area (Å²) in [5.74, 6) is 0. The SMILES string of the molecule is CN(C)C(C)(C)CNc1ccc2scnc2c1N. The van der Waals surface area contributed by atoms with Gasteiger partial charge in [-0.1, -0.05) is 0 Å². The zero-order valence-corrected chi connectivity index (χ0v) is 12.1. The molecule has 0 unspecified atom stereocenters. The van der Waals surface area contributed by atoms with Gasteiger partial charge in [0.2, 0.25) is 0 Å². The van der Waals surface area contributed by atoms with Crippen molar-refractivity contribution in [2.45, 2.75) is 19.4 Å². The second-order valence-electron chi connectivity index (χ2n) is 5.29. The molecule has 0 aliphatic carbocycles. The lowest BCUT2D eigenvalue weighted by Crippen LogP contribution is -2.44. The van der Waals surface area contributed by atoms with E-state index in [2.05, 4.69) is 49.2 Å². The molecule has 1 aromatic carbocycles. The molecule has 0 bridgehead atoms. The minimum Gasteiger partial charge on any atom is -0.395 e. The molecule has 18 heavy (non-hydrogen) atoms. The van der Waals surface area contributed by atoms with E-state index in [0.29, 0.717) is 0 Å². The van der Waals surface area contributed by atoms with Gasteiger partial charge < -0.3 is 16.0 Å². The number of likely N-dealkylation sites (N-methyl/N-ethyl adjacent to an activating group) is 1. The van der Waals surface area contributed by atoms with Gasteiger partial charge in [-0.2, -0.15) is 0 Å². The van der Waals surface area contributed by atoms with E-state index in [1.807, 2.05) is 11.6 Å². The largest absolute Gasteiger partial charge is 0.395 e. The molecule has 4 nitrogen and oxygen atoms in total. The highest BCUT2D eigenvalue weighted by Gasteiger charge is 2.20. The summed E-state index contributed by atoms with van der Waals surface area (Å²) in [6, 6.07) is 4.09. The van der Waals surface area contributed by atoms with E-state index in [1.165, 1.54) is 0 Å². The van der Waals surface area contributed by atoms with Gasteiger partial charge in [-0.3, -0.25) is 0 Å². The van der Waals surface area contributed by atoms with Gasteiger partial charge in [-0.25, -0.2) is 4.98 Å². The third-order valence-corrected chi connectivity index (χ3v) is 4.26. The Bertz CT molecular complexity index is 545. The summed E-state index contributed by atoms with van der Waals surface area (Å²) >= 11 is 1.61. The molecule has 98 valence electrons. The number of benzene rings is 1. The van der Waals surface area contributed by atoms with Gasteiger partial charge in [0.15, 0.2) is 0 Å². The van der Waals surface area contributed by atoms with E-state index >= 15 is 0 Å².